The molecule has 1 heterocycles. The molecule has 1 aliphatic carbocycles. The molecule has 2 heteroatoms. The molecule has 0 saturated heterocycles. The largest absolute Gasteiger partial charge is 0.347 e. The van der Waals surface area contributed by atoms with Crippen LogP contribution in [0.5, 0.6) is 0 Å². The van der Waals surface area contributed by atoms with E-state index in [1.165, 1.54) is 24.0 Å². The minimum absolute atomic E-state index is 0.0412. The Balaban J connectivity index is 1.98. The monoisotopic (exact) mass is 227 g/mol. The topological polar surface area (TPSA) is 29.1 Å². The SMILES string of the molecule is O=C1CC(c2ccccc2)=CC2(CCCC2)N1. The number of benzene rings is 1. The molecule has 1 aromatic rings. The Bertz CT molecular complexity index is 455. The molecule has 1 amide bonds. The summed E-state index contributed by atoms with van der Waals surface area (Å²) in [5, 5.41) is 3.18. The van der Waals surface area contributed by atoms with Crippen molar-refractivity contribution in [3.8, 4) is 0 Å². The molecule has 17 heavy (non-hydrogen) atoms. The molecule has 0 radical (unpaired) electrons. The van der Waals surface area contributed by atoms with Crippen LogP contribution in [-0.4, -0.2) is 11.4 Å². The maximum absolute atomic E-state index is 11.9. The average molecular weight is 227 g/mol. The summed E-state index contributed by atoms with van der Waals surface area (Å²) in [6, 6.07) is 10.3. The van der Waals surface area contributed by atoms with Crippen molar-refractivity contribution in [2.24, 2.45) is 0 Å². The van der Waals surface area contributed by atoms with Crippen LogP contribution in [0.4, 0.5) is 0 Å². The van der Waals surface area contributed by atoms with Crippen molar-refractivity contribution in [2.75, 3.05) is 0 Å². The number of amides is 1. The van der Waals surface area contributed by atoms with Crippen LogP contribution in [0.3, 0.4) is 0 Å². The van der Waals surface area contributed by atoms with Crippen LogP contribution in [0.15, 0.2) is 36.4 Å². The van der Waals surface area contributed by atoms with E-state index < -0.39 is 0 Å². The minimum Gasteiger partial charge on any atom is -0.347 e. The average Bonchev–Trinajstić information content (AvgIpc) is 2.77. The lowest BCUT2D eigenvalue weighted by atomic mass is 9.87. The van der Waals surface area contributed by atoms with Crippen LogP contribution in [0, 0.1) is 0 Å². The highest BCUT2D eigenvalue weighted by Crippen LogP contribution is 2.37. The van der Waals surface area contributed by atoms with Crippen LogP contribution in [-0.2, 0) is 4.79 Å². The first-order valence-electron chi connectivity index (χ1n) is 6.36. The molecule has 2 aliphatic rings. The van der Waals surface area contributed by atoms with Gasteiger partial charge in [0.1, 0.15) is 0 Å². The van der Waals surface area contributed by atoms with E-state index in [9.17, 15) is 4.79 Å². The maximum atomic E-state index is 11.9. The molecule has 2 nitrogen and oxygen atoms in total. The minimum atomic E-state index is -0.0412. The Morgan fingerprint density at radius 3 is 2.47 bits per heavy atom. The fourth-order valence-corrected chi connectivity index (χ4v) is 3.03. The summed E-state index contributed by atoms with van der Waals surface area (Å²) >= 11 is 0. The standard InChI is InChI=1S/C15H17NO/c17-14-10-13(12-6-2-1-3-7-12)11-15(16-14)8-4-5-9-15/h1-3,6-7,11H,4-5,8-10H2,(H,16,17). The molecule has 1 aliphatic heterocycles. The van der Waals surface area contributed by atoms with Crippen LogP contribution < -0.4 is 5.32 Å². The third-order valence-corrected chi connectivity index (χ3v) is 3.83. The Morgan fingerprint density at radius 2 is 1.76 bits per heavy atom. The lowest BCUT2D eigenvalue weighted by Crippen LogP contribution is -2.47. The molecule has 0 bridgehead atoms. The Morgan fingerprint density at radius 1 is 1.06 bits per heavy atom. The van der Waals surface area contributed by atoms with Gasteiger partial charge in [0.15, 0.2) is 0 Å². The molecule has 1 saturated carbocycles. The number of carbonyl (C=O) groups is 1. The summed E-state index contributed by atoms with van der Waals surface area (Å²) in [6.45, 7) is 0. The number of rotatable bonds is 1. The summed E-state index contributed by atoms with van der Waals surface area (Å²) in [6.07, 6.45) is 7.45. The van der Waals surface area contributed by atoms with Crippen molar-refractivity contribution in [3.63, 3.8) is 0 Å². The molecule has 1 N–H and O–H groups in total. The molecule has 1 spiro atoms. The van der Waals surface area contributed by atoms with Gasteiger partial charge in [-0.3, -0.25) is 4.79 Å². The zero-order valence-electron chi connectivity index (χ0n) is 9.91. The zero-order chi connectivity index (χ0) is 11.7. The van der Waals surface area contributed by atoms with Crippen LogP contribution in [0.25, 0.3) is 5.57 Å². The number of nitrogens with one attached hydrogen (secondary N) is 1. The van der Waals surface area contributed by atoms with Gasteiger partial charge in [-0.2, -0.15) is 0 Å². The van der Waals surface area contributed by atoms with Crippen molar-refractivity contribution in [1.82, 2.24) is 5.32 Å². The van der Waals surface area contributed by atoms with E-state index >= 15 is 0 Å². The number of carbonyl (C=O) groups excluding carboxylic acids is 1. The third-order valence-electron chi connectivity index (χ3n) is 3.83. The lowest BCUT2D eigenvalue weighted by Gasteiger charge is -2.32. The van der Waals surface area contributed by atoms with Gasteiger partial charge in [-0.1, -0.05) is 49.2 Å². The molecule has 3 rings (SSSR count). The first-order chi connectivity index (χ1) is 8.27. The Kier molecular flexibility index (Phi) is 2.50. The summed E-state index contributed by atoms with van der Waals surface area (Å²) in [5.41, 5.74) is 2.34. The quantitative estimate of drug-likeness (QED) is 0.785. The van der Waals surface area contributed by atoms with Crippen molar-refractivity contribution in [1.29, 1.82) is 0 Å². The number of hydrogen-bond acceptors (Lipinski definition) is 1. The van der Waals surface area contributed by atoms with Gasteiger partial charge in [-0.25, -0.2) is 0 Å². The molecular weight excluding hydrogens is 210 g/mol. The second-order valence-corrected chi connectivity index (χ2v) is 5.12. The second-order valence-electron chi connectivity index (χ2n) is 5.12. The highest BCUT2D eigenvalue weighted by molar-refractivity contribution is 5.92. The summed E-state index contributed by atoms with van der Waals surface area (Å²) < 4.78 is 0. The van der Waals surface area contributed by atoms with Crippen LogP contribution in [0.1, 0.15) is 37.7 Å². The second kappa shape index (κ2) is 4.02. The molecule has 0 unspecified atom stereocenters. The highest BCUT2D eigenvalue weighted by Gasteiger charge is 2.36. The predicted molar refractivity (Wildman–Crippen MR) is 68.4 cm³/mol. The Hall–Kier alpha value is -1.57. The summed E-state index contributed by atoms with van der Waals surface area (Å²) in [4.78, 5) is 11.9. The molecular formula is C15H17NO. The third kappa shape index (κ3) is 1.99. The lowest BCUT2D eigenvalue weighted by molar-refractivity contribution is -0.121. The van der Waals surface area contributed by atoms with Gasteiger partial charge in [0.2, 0.25) is 5.91 Å². The van der Waals surface area contributed by atoms with E-state index in [0.29, 0.717) is 6.42 Å². The first kappa shape index (κ1) is 10.6. The van der Waals surface area contributed by atoms with E-state index in [2.05, 4.69) is 23.5 Å². The van der Waals surface area contributed by atoms with Crippen LogP contribution >= 0.6 is 0 Å². The summed E-state index contributed by atoms with van der Waals surface area (Å²) in [7, 11) is 0. The van der Waals surface area contributed by atoms with Crippen molar-refractivity contribution in [3.05, 3.63) is 42.0 Å². The predicted octanol–water partition coefficient (Wildman–Crippen LogP) is 2.90. The highest BCUT2D eigenvalue weighted by atomic mass is 16.1. The summed E-state index contributed by atoms with van der Waals surface area (Å²) in [5.74, 6) is 0.174. The van der Waals surface area contributed by atoms with Crippen LogP contribution in [0.2, 0.25) is 0 Å². The first-order valence-corrected chi connectivity index (χ1v) is 6.36. The fraction of sp³-hybridized carbons (Fsp3) is 0.400. The number of hydrogen-bond donors (Lipinski definition) is 1. The van der Waals surface area contributed by atoms with E-state index in [1.54, 1.807) is 0 Å². The maximum Gasteiger partial charge on any atom is 0.225 e. The van der Waals surface area contributed by atoms with Gasteiger partial charge in [0, 0.05) is 0 Å². The van der Waals surface area contributed by atoms with Gasteiger partial charge in [0.25, 0.3) is 0 Å². The van der Waals surface area contributed by atoms with Crippen molar-refractivity contribution in [2.45, 2.75) is 37.6 Å². The fourth-order valence-electron chi connectivity index (χ4n) is 3.03. The van der Waals surface area contributed by atoms with E-state index in [4.69, 9.17) is 0 Å². The molecule has 1 fully saturated rings. The van der Waals surface area contributed by atoms with Gasteiger partial charge in [-0.05, 0) is 24.0 Å². The smallest absolute Gasteiger partial charge is 0.225 e. The normalized spacial score (nSPS) is 22.4. The van der Waals surface area contributed by atoms with Crippen molar-refractivity contribution < 1.29 is 4.79 Å². The molecule has 0 aromatic heterocycles. The molecule has 1 aromatic carbocycles. The van der Waals surface area contributed by atoms with Gasteiger partial charge < -0.3 is 5.32 Å². The van der Waals surface area contributed by atoms with E-state index in [1.807, 2.05) is 18.2 Å². The molecule has 0 atom stereocenters. The van der Waals surface area contributed by atoms with E-state index in [-0.39, 0.29) is 11.4 Å². The van der Waals surface area contributed by atoms with Gasteiger partial charge in [0.05, 0.1) is 12.0 Å². The van der Waals surface area contributed by atoms with Crippen molar-refractivity contribution >= 4 is 11.5 Å². The van der Waals surface area contributed by atoms with Gasteiger partial charge in [-0.15, -0.1) is 0 Å². The zero-order valence-corrected chi connectivity index (χ0v) is 9.91. The molecule has 88 valence electrons. The van der Waals surface area contributed by atoms with Gasteiger partial charge >= 0.3 is 0 Å². The Labute approximate surface area is 102 Å². The van der Waals surface area contributed by atoms with E-state index in [0.717, 1.165) is 12.8 Å².